The standard InChI is InChI=1S/C13H14O6/c14-11(15)7-3-4-8-12(16)19-10-6-2-1-5-9(10)13(17)18/h1-2,5-6H,3-4,7-8H2,(H,14,15)(H,17,18)/p-1. The van der Waals surface area contributed by atoms with Gasteiger partial charge in [-0.05, 0) is 31.4 Å². The van der Waals surface area contributed by atoms with Gasteiger partial charge < -0.3 is 19.7 Å². The molecule has 102 valence electrons. The fourth-order valence-corrected chi connectivity index (χ4v) is 1.44. The molecule has 19 heavy (non-hydrogen) atoms. The van der Waals surface area contributed by atoms with Crippen LogP contribution in [0.4, 0.5) is 0 Å². The SMILES string of the molecule is O=C([O-])CCCCC(=O)Oc1ccccc1C(=O)O. The molecule has 0 aliphatic carbocycles. The molecule has 6 nitrogen and oxygen atoms in total. The molecule has 1 aromatic carbocycles. The van der Waals surface area contributed by atoms with Crippen molar-refractivity contribution in [3.05, 3.63) is 29.8 Å². The molecule has 0 saturated heterocycles. The Kier molecular flexibility index (Phi) is 5.53. The highest BCUT2D eigenvalue weighted by molar-refractivity contribution is 5.91. The zero-order chi connectivity index (χ0) is 14.3. The van der Waals surface area contributed by atoms with E-state index in [9.17, 15) is 19.5 Å². The number of esters is 1. The van der Waals surface area contributed by atoms with Crippen molar-refractivity contribution in [1.82, 2.24) is 0 Å². The molecule has 0 aliphatic heterocycles. The van der Waals surface area contributed by atoms with Gasteiger partial charge in [0.25, 0.3) is 0 Å². The van der Waals surface area contributed by atoms with Crippen molar-refractivity contribution in [1.29, 1.82) is 0 Å². The Balaban J connectivity index is 2.48. The summed E-state index contributed by atoms with van der Waals surface area (Å²) in [7, 11) is 0. The van der Waals surface area contributed by atoms with E-state index in [4.69, 9.17) is 9.84 Å². The van der Waals surface area contributed by atoms with Crippen LogP contribution in [0.15, 0.2) is 24.3 Å². The first-order chi connectivity index (χ1) is 9.00. The summed E-state index contributed by atoms with van der Waals surface area (Å²) in [5.41, 5.74) is -0.0921. The van der Waals surface area contributed by atoms with Gasteiger partial charge in [-0.15, -0.1) is 0 Å². The largest absolute Gasteiger partial charge is 0.550 e. The van der Waals surface area contributed by atoms with E-state index in [1.165, 1.54) is 18.2 Å². The second-order valence-electron chi connectivity index (χ2n) is 3.85. The first-order valence-electron chi connectivity index (χ1n) is 5.73. The van der Waals surface area contributed by atoms with Crippen LogP contribution < -0.4 is 9.84 Å². The van der Waals surface area contributed by atoms with E-state index in [2.05, 4.69) is 0 Å². The summed E-state index contributed by atoms with van der Waals surface area (Å²) in [4.78, 5) is 32.5. The van der Waals surface area contributed by atoms with Crippen LogP contribution in [0.2, 0.25) is 0 Å². The number of carbonyl (C=O) groups excluding carboxylic acids is 2. The van der Waals surface area contributed by atoms with Crippen molar-refractivity contribution in [3.8, 4) is 5.75 Å². The molecule has 0 aliphatic rings. The maximum atomic E-state index is 11.5. The van der Waals surface area contributed by atoms with Crippen LogP contribution in [-0.4, -0.2) is 23.0 Å². The molecule has 1 aromatic rings. The van der Waals surface area contributed by atoms with E-state index in [0.717, 1.165) is 0 Å². The van der Waals surface area contributed by atoms with Gasteiger partial charge in [-0.25, -0.2) is 4.79 Å². The smallest absolute Gasteiger partial charge is 0.339 e. The normalized spacial score (nSPS) is 9.89. The minimum absolute atomic E-state index is 0.0140. The Morgan fingerprint density at radius 1 is 1.11 bits per heavy atom. The second kappa shape index (κ2) is 7.15. The van der Waals surface area contributed by atoms with Crippen molar-refractivity contribution in [3.63, 3.8) is 0 Å². The van der Waals surface area contributed by atoms with Gasteiger partial charge in [0.1, 0.15) is 11.3 Å². The number of hydrogen-bond acceptors (Lipinski definition) is 5. The third-order valence-corrected chi connectivity index (χ3v) is 2.35. The molecule has 0 heterocycles. The van der Waals surface area contributed by atoms with Crippen LogP contribution in [-0.2, 0) is 9.59 Å². The number of ether oxygens (including phenoxy) is 1. The summed E-state index contributed by atoms with van der Waals surface area (Å²) in [5.74, 6) is -2.95. The first kappa shape index (κ1) is 14.7. The highest BCUT2D eigenvalue weighted by atomic mass is 16.5. The lowest BCUT2D eigenvalue weighted by Gasteiger charge is -2.07. The van der Waals surface area contributed by atoms with Crippen molar-refractivity contribution in [2.75, 3.05) is 0 Å². The summed E-state index contributed by atoms with van der Waals surface area (Å²) in [6, 6.07) is 5.81. The summed E-state index contributed by atoms with van der Waals surface area (Å²) >= 11 is 0. The molecule has 0 unspecified atom stereocenters. The topological polar surface area (TPSA) is 104 Å². The number of rotatable bonds is 7. The minimum Gasteiger partial charge on any atom is -0.550 e. The molecular formula is C13H13O6-. The van der Waals surface area contributed by atoms with Crippen molar-refractivity contribution >= 4 is 17.9 Å². The predicted octanol–water partition coefficient (Wildman–Crippen LogP) is 0.600. The van der Waals surface area contributed by atoms with Crippen molar-refractivity contribution < 1.29 is 29.3 Å². The number of unbranched alkanes of at least 4 members (excludes halogenated alkanes) is 1. The Hall–Kier alpha value is -2.37. The maximum absolute atomic E-state index is 11.5. The van der Waals surface area contributed by atoms with E-state index < -0.39 is 17.9 Å². The molecule has 0 spiro atoms. The number of carboxylic acids is 2. The molecule has 0 radical (unpaired) electrons. The predicted molar refractivity (Wildman–Crippen MR) is 62.5 cm³/mol. The first-order valence-corrected chi connectivity index (χ1v) is 5.73. The Labute approximate surface area is 109 Å². The summed E-state index contributed by atoms with van der Waals surface area (Å²) in [6.45, 7) is 0. The summed E-state index contributed by atoms with van der Waals surface area (Å²) in [5, 5.41) is 19.1. The Bertz CT molecular complexity index is 480. The number of aliphatic carboxylic acids is 1. The molecule has 0 atom stereocenters. The zero-order valence-electron chi connectivity index (χ0n) is 10.1. The average molecular weight is 265 g/mol. The molecule has 0 fully saturated rings. The number of benzene rings is 1. The number of aromatic carboxylic acids is 1. The molecular weight excluding hydrogens is 252 g/mol. The van der Waals surface area contributed by atoms with Gasteiger partial charge >= 0.3 is 11.9 Å². The van der Waals surface area contributed by atoms with Gasteiger partial charge in [-0.1, -0.05) is 12.1 Å². The van der Waals surface area contributed by atoms with Gasteiger partial charge in [0, 0.05) is 12.4 Å². The molecule has 1 rings (SSSR count). The lowest BCUT2D eigenvalue weighted by Crippen LogP contribution is -2.21. The van der Waals surface area contributed by atoms with Gasteiger partial charge in [0.2, 0.25) is 0 Å². The van der Waals surface area contributed by atoms with Crippen LogP contribution in [0, 0.1) is 0 Å². The van der Waals surface area contributed by atoms with Crippen LogP contribution in [0.3, 0.4) is 0 Å². The molecule has 0 saturated carbocycles. The Morgan fingerprint density at radius 2 is 1.74 bits per heavy atom. The third kappa shape index (κ3) is 5.20. The lowest BCUT2D eigenvalue weighted by atomic mass is 10.2. The molecule has 0 bridgehead atoms. The fraction of sp³-hybridized carbons (Fsp3) is 0.308. The van der Waals surface area contributed by atoms with E-state index in [1.807, 2.05) is 0 Å². The zero-order valence-corrected chi connectivity index (χ0v) is 10.1. The van der Waals surface area contributed by atoms with Gasteiger partial charge in [-0.2, -0.15) is 0 Å². The third-order valence-electron chi connectivity index (χ3n) is 2.35. The number of carboxylic acid groups (broad SMARTS) is 2. The highest BCUT2D eigenvalue weighted by Gasteiger charge is 2.13. The molecule has 6 heteroatoms. The van der Waals surface area contributed by atoms with Crippen LogP contribution in [0.25, 0.3) is 0 Å². The second-order valence-corrected chi connectivity index (χ2v) is 3.85. The minimum atomic E-state index is -1.18. The van der Waals surface area contributed by atoms with E-state index in [-0.39, 0.29) is 24.2 Å². The van der Waals surface area contributed by atoms with E-state index in [1.54, 1.807) is 6.07 Å². The summed E-state index contributed by atoms with van der Waals surface area (Å²) < 4.78 is 4.93. The van der Waals surface area contributed by atoms with Crippen molar-refractivity contribution in [2.45, 2.75) is 25.7 Å². The molecule has 0 amide bonds. The van der Waals surface area contributed by atoms with E-state index >= 15 is 0 Å². The number of hydrogen-bond donors (Lipinski definition) is 1. The fourth-order valence-electron chi connectivity index (χ4n) is 1.44. The molecule has 1 N–H and O–H groups in total. The lowest BCUT2D eigenvalue weighted by molar-refractivity contribution is -0.305. The quantitative estimate of drug-likeness (QED) is 0.440. The monoisotopic (exact) mass is 265 g/mol. The number of carbonyl (C=O) groups is 3. The van der Waals surface area contributed by atoms with Gasteiger partial charge in [0.05, 0.1) is 0 Å². The average Bonchev–Trinajstić information content (AvgIpc) is 2.35. The van der Waals surface area contributed by atoms with Crippen LogP contribution in [0.5, 0.6) is 5.75 Å². The maximum Gasteiger partial charge on any atom is 0.339 e. The van der Waals surface area contributed by atoms with Crippen LogP contribution >= 0.6 is 0 Å². The van der Waals surface area contributed by atoms with Crippen LogP contribution in [0.1, 0.15) is 36.0 Å². The van der Waals surface area contributed by atoms with E-state index in [0.29, 0.717) is 12.8 Å². The van der Waals surface area contributed by atoms with Gasteiger partial charge in [0.15, 0.2) is 0 Å². The number of para-hydroxylation sites is 1. The molecule has 0 aromatic heterocycles. The van der Waals surface area contributed by atoms with Gasteiger partial charge in [-0.3, -0.25) is 4.79 Å². The Morgan fingerprint density at radius 3 is 2.37 bits per heavy atom. The highest BCUT2D eigenvalue weighted by Crippen LogP contribution is 2.18. The van der Waals surface area contributed by atoms with Crippen molar-refractivity contribution in [2.24, 2.45) is 0 Å². The summed E-state index contributed by atoms with van der Waals surface area (Å²) in [6.07, 6.45) is 0.584.